The molecular weight excluding hydrogens is 266 g/mol. The second kappa shape index (κ2) is 23.0. The summed E-state index contributed by atoms with van der Waals surface area (Å²) < 4.78 is 4.78. The van der Waals surface area contributed by atoms with Crippen molar-refractivity contribution in [3.05, 3.63) is 30.3 Å². The van der Waals surface area contributed by atoms with Gasteiger partial charge in [0.25, 0.3) is 0 Å². The van der Waals surface area contributed by atoms with E-state index in [1.807, 2.05) is 59.7 Å². The van der Waals surface area contributed by atoms with Crippen molar-refractivity contribution in [2.45, 2.75) is 54.5 Å². The fourth-order valence-electron chi connectivity index (χ4n) is 0.655. The Kier molecular flexibility index (Phi) is 33.1. The van der Waals surface area contributed by atoms with Crippen molar-refractivity contribution in [2.24, 2.45) is 5.73 Å². The zero-order valence-corrected chi connectivity index (χ0v) is 13.9. The van der Waals surface area contributed by atoms with Gasteiger partial charge < -0.3 is 10.5 Å². The fraction of sp³-hybridized carbons (Fsp3) is 0.533. The zero-order valence-electron chi connectivity index (χ0n) is 13.2. The number of benzene rings is 1. The molecule has 4 heteroatoms. The standard InChI is InChI=1S/C8H8O2.C3H9N.2C2H6.Ar/c1-7(9)10-8-5-3-2-4-6-8;1-3(2)4;2*1-2;/h2-6H,1H3;3H,4H2,1-2H3;2*1-2H3;. The van der Waals surface area contributed by atoms with Gasteiger partial charge in [-0.05, 0) is 18.2 Å². The van der Waals surface area contributed by atoms with Crippen LogP contribution >= 0.6 is 0 Å². The molecule has 0 fully saturated rings. The van der Waals surface area contributed by atoms with Gasteiger partial charge >= 0.3 is 5.97 Å². The van der Waals surface area contributed by atoms with Crippen LogP contribution in [0.2, 0.25) is 0 Å². The molecule has 0 saturated carbocycles. The molecule has 0 amide bonds. The van der Waals surface area contributed by atoms with Gasteiger partial charge in [-0.2, -0.15) is 0 Å². The summed E-state index contributed by atoms with van der Waals surface area (Å²) in [6, 6.07) is 9.31. The van der Waals surface area contributed by atoms with Crippen LogP contribution < -0.4 is 10.5 Å². The zero-order chi connectivity index (χ0) is 15.0. The van der Waals surface area contributed by atoms with E-state index in [9.17, 15) is 4.79 Å². The molecule has 0 bridgehead atoms. The Morgan fingerprint density at radius 1 is 1.05 bits per heavy atom. The first-order chi connectivity index (χ1) is 8.52. The minimum absolute atomic E-state index is 0. The molecule has 2 N–H and O–H groups in total. The quantitative estimate of drug-likeness (QED) is 0.629. The van der Waals surface area contributed by atoms with Crippen molar-refractivity contribution in [1.82, 2.24) is 0 Å². The maximum absolute atomic E-state index is 10.4. The fourth-order valence-corrected chi connectivity index (χ4v) is 0.655. The summed E-state index contributed by atoms with van der Waals surface area (Å²) in [6.45, 7) is 13.3. The normalized spacial score (nSPS) is 7.21. The first-order valence-electron chi connectivity index (χ1n) is 6.51. The van der Waals surface area contributed by atoms with Crippen molar-refractivity contribution >= 4 is 5.97 Å². The molecule has 3 nitrogen and oxygen atoms in total. The van der Waals surface area contributed by atoms with Crippen molar-refractivity contribution in [3.8, 4) is 5.75 Å². The molecule has 0 unspecified atom stereocenters. The molecule has 0 aliphatic carbocycles. The summed E-state index contributed by atoms with van der Waals surface area (Å²) in [5.74, 6) is 0.307. The molecule has 0 aliphatic heterocycles. The van der Waals surface area contributed by atoms with Crippen LogP contribution in [-0.2, 0) is 4.79 Å². The van der Waals surface area contributed by atoms with Gasteiger partial charge in [0.15, 0.2) is 0 Å². The molecule has 114 valence electrons. The van der Waals surface area contributed by atoms with E-state index in [-0.39, 0.29) is 43.7 Å². The largest absolute Gasteiger partial charge is 0.427 e. The first-order valence-corrected chi connectivity index (χ1v) is 6.51. The summed E-state index contributed by atoms with van der Waals surface area (Å²) in [7, 11) is 0. The molecular formula is C15H29ArNO2. The summed E-state index contributed by atoms with van der Waals surface area (Å²) in [5.41, 5.74) is 5.11. The van der Waals surface area contributed by atoms with Gasteiger partial charge in [-0.3, -0.25) is 4.79 Å². The number of hydrogen-bond acceptors (Lipinski definition) is 3. The number of nitrogens with two attached hydrogens (primary N) is 1. The van der Waals surface area contributed by atoms with Crippen molar-refractivity contribution in [1.29, 1.82) is 0 Å². The van der Waals surface area contributed by atoms with E-state index in [4.69, 9.17) is 10.5 Å². The van der Waals surface area contributed by atoms with Gasteiger partial charge in [0, 0.05) is 44.7 Å². The number of rotatable bonds is 1. The molecule has 19 heavy (non-hydrogen) atoms. The summed E-state index contributed by atoms with van der Waals surface area (Å²) in [4.78, 5) is 10.4. The predicted molar refractivity (Wildman–Crippen MR) is 79.8 cm³/mol. The van der Waals surface area contributed by atoms with Gasteiger partial charge in [0.1, 0.15) is 5.75 Å². The Labute approximate surface area is 148 Å². The average Bonchev–Trinajstić information content (AvgIpc) is 2.34. The van der Waals surface area contributed by atoms with Crippen LogP contribution in [0.4, 0.5) is 0 Å². The van der Waals surface area contributed by atoms with E-state index in [0.717, 1.165) is 0 Å². The maximum Gasteiger partial charge on any atom is 0.308 e. The molecule has 0 atom stereocenters. The molecule has 0 saturated heterocycles. The van der Waals surface area contributed by atoms with Crippen molar-refractivity contribution < 1.29 is 47.3 Å². The van der Waals surface area contributed by atoms with Crippen LogP contribution in [0.5, 0.6) is 5.75 Å². The van der Waals surface area contributed by atoms with Crippen molar-refractivity contribution in [2.75, 3.05) is 0 Å². The van der Waals surface area contributed by atoms with E-state index in [1.165, 1.54) is 6.92 Å². The Morgan fingerprint density at radius 2 is 1.37 bits per heavy atom. The smallest absolute Gasteiger partial charge is 0.308 e. The summed E-state index contributed by atoms with van der Waals surface area (Å²) in [5, 5.41) is 0. The third-order valence-electron chi connectivity index (χ3n) is 1.00. The van der Waals surface area contributed by atoms with E-state index in [0.29, 0.717) is 11.8 Å². The van der Waals surface area contributed by atoms with Crippen LogP contribution in [-0.4, -0.2) is 12.0 Å². The van der Waals surface area contributed by atoms with Crippen LogP contribution in [0, 0.1) is 37.7 Å². The Morgan fingerprint density at radius 3 is 1.63 bits per heavy atom. The third-order valence-corrected chi connectivity index (χ3v) is 1.00. The van der Waals surface area contributed by atoms with Crippen molar-refractivity contribution in [3.63, 3.8) is 0 Å². The van der Waals surface area contributed by atoms with Gasteiger partial charge in [0.2, 0.25) is 0 Å². The minimum Gasteiger partial charge on any atom is -0.427 e. The second-order valence-corrected chi connectivity index (χ2v) is 3.15. The molecule has 1 aromatic rings. The molecule has 0 spiro atoms. The number of esters is 1. The van der Waals surface area contributed by atoms with E-state index in [2.05, 4.69) is 0 Å². The van der Waals surface area contributed by atoms with Crippen LogP contribution in [0.1, 0.15) is 48.5 Å². The minimum atomic E-state index is -0.286. The van der Waals surface area contributed by atoms with Crippen LogP contribution in [0.3, 0.4) is 0 Å². The number of carbonyl (C=O) groups is 1. The number of para-hydroxylation sites is 1. The first kappa shape index (κ1) is 27.3. The number of carbonyl (C=O) groups excluding carboxylic acids is 1. The summed E-state index contributed by atoms with van der Waals surface area (Å²) in [6.07, 6.45) is 0. The molecule has 0 radical (unpaired) electrons. The number of ether oxygens (including phenoxy) is 1. The topological polar surface area (TPSA) is 52.3 Å². The molecule has 0 aliphatic rings. The van der Waals surface area contributed by atoms with E-state index in [1.54, 1.807) is 12.1 Å². The summed E-state index contributed by atoms with van der Waals surface area (Å²) >= 11 is 0. The molecule has 0 heterocycles. The third kappa shape index (κ3) is 32.0. The SMILES string of the molecule is CC.CC.CC(=O)Oc1ccccc1.CC(C)N.[Ar]. The van der Waals surface area contributed by atoms with Gasteiger partial charge in [-0.1, -0.05) is 59.7 Å². The monoisotopic (exact) mass is 295 g/mol. The number of hydrogen-bond donors (Lipinski definition) is 1. The Balaban J connectivity index is -0.000000107. The van der Waals surface area contributed by atoms with E-state index >= 15 is 0 Å². The van der Waals surface area contributed by atoms with Gasteiger partial charge in [-0.25, -0.2) is 0 Å². The Bertz CT molecular complexity index is 261. The predicted octanol–water partition coefficient (Wildman–Crippen LogP) is 4.02. The molecule has 1 rings (SSSR count). The van der Waals surface area contributed by atoms with Crippen LogP contribution in [0.25, 0.3) is 0 Å². The second-order valence-electron chi connectivity index (χ2n) is 3.15. The maximum atomic E-state index is 10.4. The van der Waals surface area contributed by atoms with Crippen LogP contribution in [0.15, 0.2) is 30.3 Å². The average molecular weight is 295 g/mol. The molecule has 1 aromatic carbocycles. The van der Waals surface area contributed by atoms with E-state index < -0.39 is 0 Å². The van der Waals surface area contributed by atoms with Gasteiger partial charge in [0.05, 0.1) is 0 Å². The Hall–Kier alpha value is -0.0903. The molecule has 0 aromatic heterocycles. The van der Waals surface area contributed by atoms with Gasteiger partial charge in [-0.15, -0.1) is 0 Å².